The van der Waals surface area contributed by atoms with Crippen molar-refractivity contribution in [3.05, 3.63) is 70.5 Å². The molecule has 0 saturated carbocycles. The molecule has 1 aromatic heterocycles. The molecule has 3 rings (SSSR count). The zero-order valence-corrected chi connectivity index (χ0v) is 15.1. The number of anilines is 1. The van der Waals surface area contributed by atoms with E-state index in [9.17, 15) is 9.18 Å². The van der Waals surface area contributed by atoms with E-state index in [1.807, 2.05) is 18.4 Å². The minimum absolute atomic E-state index is 0.0550. The molecule has 1 amide bonds. The van der Waals surface area contributed by atoms with Crippen molar-refractivity contribution in [3.8, 4) is 10.9 Å². The number of amides is 1. The molecule has 0 atom stereocenters. The van der Waals surface area contributed by atoms with Crippen LogP contribution in [-0.2, 0) is 11.3 Å². The zero-order valence-electron chi connectivity index (χ0n) is 14.3. The second-order valence-corrected chi connectivity index (χ2v) is 6.41. The standard InChI is InChI=1S/C19H17FN2O3S/c1-12-11-26-19(21-12)25-17-7-6-15(9-16(17)20)22-18(23)14-5-3-4-13(8-14)10-24-2/h3-9,11H,10H2,1-2H3,(H,22,23). The third-order valence-corrected chi connectivity index (χ3v) is 4.32. The molecule has 0 saturated heterocycles. The molecule has 26 heavy (non-hydrogen) atoms. The van der Waals surface area contributed by atoms with Gasteiger partial charge in [-0.3, -0.25) is 4.79 Å². The van der Waals surface area contributed by atoms with Crippen LogP contribution in [0, 0.1) is 12.7 Å². The van der Waals surface area contributed by atoms with Crippen molar-refractivity contribution < 1.29 is 18.7 Å². The summed E-state index contributed by atoms with van der Waals surface area (Å²) < 4.78 is 24.7. The second kappa shape index (κ2) is 8.07. The van der Waals surface area contributed by atoms with E-state index >= 15 is 0 Å². The number of aromatic nitrogens is 1. The average Bonchev–Trinajstić information content (AvgIpc) is 3.03. The smallest absolute Gasteiger partial charge is 0.278 e. The third kappa shape index (κ3) is 4.44. The van der Waals surface area contributed by atoms with Crippen molar-refractivity contribution in [1.29, 1.82) is 0 Å². The lowest BCUT2D eigenvalue weighted by atomic mass is 10.1. The maximum absolute atomic E-state index is 14.2. The van der Waals surface area contributed by atoms with Gasteiger partial charge < -0.3 is 14.8 Å². The number of benzene rings is 2. The lowest BCUT2D eigenvalue weighted by Gasteiger charge is -2.09. The highest BCUT2D eigenvalue weighted by Gasteiger charge is 2.11. The Balaban J connectivity index is 1.71. The van der Waals surface area contributed by atoms with Gasteiger partial charge in [-0.05, 0) is 36.8 Å². The van der Waals surface area contributed by atoms with E-state index in [1.165, 1.54) is 23.5 Å². The fourth-order valence-corrected chi connectivity index (χ4v) is 2.97. The normalized spacial score (nSPS) is 10.6. The first-order valence-electron chi connectivity index (χ1n) is 7.84. The van der Waals surface area contributed by atoms with E-state index in [0.29, 0.717) is 23.1 Å². The highest BCUT2D eigenvalue weighted by Crippen LogP contribution is 2.29. The molecule has 0 radical (unpaired) electrons. The topological polar surface area (TPSA) is 60.5 Å². The van der Waals surface area contributed by atoms with Crippen molar-refractivity contribution in [2.75, 3.05) is 12.4 Å². The maximum atomic E-state index is 14.2. The summed E-state index contributed by atoms with van der Waals surface area (Å²) in [6.07, 6.45) is 0. The summed E-state index contributed by atoms with van der Waals surface area (Å²) in [5.74, 6) is -0.852. The summed E-state index contributed by atoms with van der Waals surface area (Å²) in [4.78, 5) is 16.5. The highest BCUT2D eigenvalue weighted by atomic mass is 32.1. The molecule has 7 heteroatoms. The number of ether oxygens (including phenoxy) is 2. The predicted octanol–water partition coefficient (Wildman–Crippen LogP) is 4.78. The first kappa shape index (κ1) is 18.0. The van der Waals surface area contributed by atoms with Gasteiger partial charge in [-0.2, -0.15) is 0 Å². The Kier molecular flexibility index (Phi) is 5.60. The molecule has 0 unspecified atom stereocenters. The number of carbonyl (C=O) groups is 1. The minimum atomic E-state index is -0.580. The Labute approximate surface area is 154 Å². The van der Waals surface area contributed by atoms with Crippen LogP contribution in [0.25, 0.3) is 0 Å². The van der Waals surface area contributed by atoms with E-state index in [0.717, 1.165) is 11.3 Å². The lowest BCUT2D eigenvalue weighted by molar-refractivity contribution is 0.102. The predicted molar refractivity (Wildman–Crippen MR) is 98.4 cm³/mol. The molecule has 0 aliphatic carbocycles. The SMILES string of the molecule is COCc1cccc(C(=O)Nc2ccc(Oc3nc(C)cs3)c(F)c2)c1. The maximum Gasteiger partial charge on any atom is 0.278 e. The lowest BCUT2D eigenvalue weighted by Crippen LogP contribution is -2.12. The molecule has 2 aromatic carbocycles. The van der Waals surface area contributed by atoms with E-state index < -0.39 is 5.82 Å². The third-order valence-electron chi connectivity index (χ3n) is 3.49. The zero-order chi connectivity index (χ0) is 18.5. The van der Waals surface area contributed by atoms with Gasteiger partial charge in [0.2, 0.25) is 0 Å². The van der Waals surface area contributed by atoms with Crippen LogP contribution in [0.4, 0.5) is 10.1 Å². The fraction of sp³-hybridized carbons (Fsp3) is 0.158. The van der Waals surface area contributed by atoms with Crippen molar-refractivity contribution in [3.63, 3.8) is 0 Å². The van der Waals surface area contributed by atoms with E-state index in [2.05, 4.69) is 10.3 Å². The Morgan fingerprint density at radius 2 is 2.12 bits per heavy atom. The van der Waals surface area contributed by atoms with Gasteiger partial charge in [-0.25, -0.2) is 9.37 Å². The fourth-order valence-electron chi connectivity index (χ4n) is 2.31. The molecular formula is C19H17FN2O3S. The number of carbonyl (C=O) groups excluding carboxylic acids is 1. The van der Waals surface area contributed by atoms with Gasteiger partial charge in [0, 0.05) is 29.8 Å². The first-order valence-corrected chi connectivity index (χ1v) is 8.72. The van der Waals surface area contributed by atoms with Crippen LogP contribution in [0.15, 0.2) is 47.8 Å². The van der Waals surface area contributed by atoms with Crippen LogP contribution in [0.1, 0.15) is 21.6 Å². The molecule has 1 heterocycles. The van der Waals surface area contributed by atoms with E-state index in [4.69, 9.17) is 9.47 Å². The number of nitrogens with one attached hydrogen (secondary N) is 1. The Morgan fingerprint density at radius 3 is 2.81 bits per heavy atom. The van der Waals surface area contributed by atoms with Crippen molar-refractivity contribution in [1.82, 2.24) is 4.98 Å². The Hall–Kier alpha value is -2.77. The average molecular weight is 372 g/mol. The van der Waals surface area contributed by atoms with Gasteiger partial charge in [0.1, 0.15) is 0 Å². The summed E-state index contributed by atoms with van der Waals surface area (Å²) in [6, 6.07) is 11.3. The number of hydrogen-bond acceptors (Lipinski definition) is 5. The molecular weight excluding hydrogens is 355 g/mol. The van der Waals surface area contributed by atoms with Crippen molar-refractivity contribution in [2.45, 2.75) is 13.5 Å². The summed E-state index contributed by atoms with van der Waals surface area (Å²) in [5.41, 5.74) is 2.50. The monoisotopic (exact) mass is 372 g/mol. The molecule has 0 aliphatic rings. The number of thiazole rings is 1. The van der Waals surface area contributed by atoms with Gasteiger partial charge in [0.25, 0.3) is 11.1 Å². The van der Waals surface area contributed by atoms with Crippen LogP contribution < -0.4 is 10.1 Å². The molecule has 0 bridgehead atoms. The summed E-state index contributed by atoms with van der Waals surface area (Å²) in [7, 11) is 1.59. The summed E-state index contributed by atoms with van der Waals surface area (Å²) >= 11 is 1.29. The Morgan fingerprint density at radius 1 is 1.27 bits per heavy atom. The molecule has 0 spiro atoms. The number of nitrogens with zero attached hydrogens (tertiary/aromatic N) is 1. The molecule has 3 aromatic rings. The summed E-state index contributed by atoms with van der Waals surface area (Å²) in [6.45, 7) is 2.25. The van der Waals surface area contributed by atoms with Crippen LogP contribution in [0.2, 0.25) is 0 Å². The first-order chi connectivity index (χ1) is 12.5. The van der Waals surface area contributed by atoms with Crippen molar-refractivity contribution >= 4 is 22.9 Å². The summed E-state index contributed by atoms with van der Waals surface area (Å²) in [5, 5.41) is 4.86. The van der Waals surface area contributed by atoms with Gasteiger partial charge in [0.15, 0.2) is 11.6 Å². The van der Waals surface area contributed by atoms with Crippen LogP contribution >= 0.6 is 11.3 Å². The largest absolute Gasteiger partial charge is 0.428 e. The molecule has 1 N–H and O–H groups in total. The van der Waals surface area contributed by atoms with E-state index in [1.54, 1.807) is 31.4 Å². The number of methoxy groups -OCH3 is 1. The van der Waals surface area contributed by atoms with Gasteiger partial charge in [-0.1, -0.05) is 23.5 Å². The quantitative estimate of drug-likeness (QED) is 0.676. The number of aryl methyl sites for hydroxylation is 1. The van der Waals surface area contributed by atoms with E-state index in [-0.39, 0.29) is 11.7 Å². The minimum Gasteiger partial charge on any atom is -0.428 e. The Bertz CT molecular complexity index is 927. The second-order valence-electron chi connectivity index (χ2n) is 5.59. The molecule has 5 nitrogen and oxygen atoms in total. The van der Waals surface area contributed by atoms with Gasteiger partial charge in [0.05, 0.1) is 12.3 Å². The van der Waals surface area contributed by atoms with Crippen molar-refractivity contribution in [2.24, 2.45) is 0 Å². The van der Waals surface area contributed by atoms with Gasteiger partial charge >= 0.3 is 0 Å². The highest BCUT2D eigenvalue weighted by molar-refractivity contribution is 7.11. The number of hydrogen-bond donors (Lipinski definition) is 1. The van der Waals surface area contributed by atoms with Gasteiger partial charge in [-0.15, -0.1) is 0 Å². The number of rotatable bonds is 6. The van der Waals surface area contributed by atoms with Crippen LogP contribution in [0.5, 0.6) is 10.9 Å². The number of halogens is 1. The molecule has 0 aliphatic heterocycles. The van der Waals surface area contributed by atoms with Crippen LogP contribution in [0.3, 0.4) is 0 Å². The molecule has 0 fully saturated rings. The van der Waals surface area contributed by atoms with Crippen LogP contribution in [-0.4, -0.2) is 18.0 Å². The molecule has 134 valence electrons.